The van der Waals surface area contributed by atoms with Crippen LogP contribution in [0.15, 0.2) is 54.6 Å². The predicted octanol–water partition coefficient (Wildman–Crippen LogP) is 4.62. The van der Waals surface area contributed by atoms with E-state index in [2.05, 4.69) is 4.98 Å². The number of nitrogens with zero attached hydrogens (tertiary/aromatic N) is 1. The van der Waals surface area contributed by atoms with E-state index in [1.54, 1.807) is 37.3 Å². The fourth-order valence-corrected chi connectivity index (χ4v) is 2.82. The first-order chi connectivity index (χ1) is 12.0. The van der Waals surface area contributed by atoms with Gasteiger partial charge in [-0.2, -0.15) is 0 Å². The van der Waals surface area contributed by atoms with Crippen LogP contribution in [0.1, 0.15) is 33.3 Å². The molecular formula is C20H16ClNO3. The summed E-state index contributed by atoms with van der Waals surface area (Å²) >= 11 is 5.91. The minimum atomic E-state index is -0.918. The molecule has 0 radical (unpaired) electrons. The van der Waals surface area contributed by atoms with E-state index >= 15 is 0 Å². The highest BCUT2D eigenvalue weighted by molar-refractivity contribution is 6.31. The Morgan fingerprint density at radius 3 is 2.60 bits per heavy atom. The second-order valence-electron chi connectivity index (χ2n) is 5.75. The maximum atomic E-state index is 12.6. The average Bonchev–Trinajstić information content (AvgIpc) is 2.60. The van der Waals surface area contributed by atoms with E-state index in [0.29, 0.717) is 32.7 Å². The first kappa shape index (κ1) is 17.1. The van der Waals surface area contributed by atoms with Crippen LogP contribution in [-0.2, 0) is 4.74 Å². The van der Waals surface area contributed by atoms with Crippen molar-refractivity contribution in [3.8, 4) is 0 Å². The Balaban J connectivity index is 1.86. The molecule has 0 N–H and O–H groups in total. The monoisotopic (exact) mass is 353 g/mol. The molecule has 1 atom stereocenters. The first-order valence-corrected chi connectivity index (χ1v) is 8.20. The highest BCUT2D eigenvalue weighted by Crippen LogP contribution is 2.20. The van der Waals surface area contributed by atoms with Crippen LogP contribution in [-0.4, -0.2) is 22.8 Å². The van der Waals surface area contributed by atoms with Crippen LogP contribution in [0, 0.1) is 6.92 Å². The molecule has 0 aliphatic carbocycles. The number of halogens is 1. The smallest absolute Gasteiger partial charge is 0.339 e. The number of benzene rings is 2. The summed E-state index contributed by atoms with van der Waals surface area (Å²) in [7, 11) is 0. The minimum Gasteiger partial charge on any atom is -0.451 e. The van der Waals surface area contributed by atoms with Gasteiger partial charge < -0.3 is 4.74 Å². The molecule has 1 aromatic heterocycles. The van der Waals surface area contributed by atoms with Gasteiger partial charge in [0.25, 0.3) is 0 Å². The summed E-state index contributed by atoms with van der Waals surface area (Å²) in [6, 6.07) is 15.6. The molecule has 5 heteroatoms. The minimum absolute atomic E-state index is 0.300. The first-order valence-electron chi connectivity index (χ1n) is 7.83. The molecule has 0 saturated carbocycles. The number of aromatic nitrogens is 1. The van der Waals surface area contributed by atoms with Gasteiger partial charge in [0.05, 0.1) is 11.1 Å². The quantitative estimate of drug-likeness (QED) is 0.507. The van der Waals surface area contributed by atoms with Gasteiger partial charge in [0.2, 0.25) is 5.78 Å². The number of pyridine rings is 1. The van der Waals surface area contributed by atoms with Gasteiger partial charge in [-0.1, -0.05) is 41.9 Å². The van der Waals surface area contributed by atoms with Crippen molar-refractivity contribution in [3.63, 3.8) is 0 Å². The number of ether oxygens (including phenoxy) is 1. The molecule has 3 rings (SSSR count). The van der Waals surface area contributed by atoms with Gasteiger partial charge in [-0.25, -0.2) is 4.79 Å². The summed E-state index contributed by atoms with van der Waals surface area (Å²) in [6.45, 7) is 3.36. The number of ketones is 1. The van der Waals surface area contributed by atoms with E-state index in [-0.39, 0.29) is 5.78 Å². The van der Waals surface area contributed by atoms with Crippen molar-refractivity contribution < 1.29 is 14.3 Å². The van der Waals surface area contributed by atoms with E-state index in [4.69, 9.17) is 16.3 Å². The highest BCUT2D eigenvalue weighted by atomic mass is 35.5. The maximum absolute atomic E-state index is 12.6. The second kappa shape index (κ2) is 7.03. The van der Waals surface area contributed by atoms with Crippen LogP contribution in [0.2, 0.25) is 5.02 Å². The van der Waals surface area contributed by atoms with Crippen LogP contribution in [0.25, 0.3) is 10.9 Å². The molecule has 0 aliphatic rings. The number of para-hydroxylation sites is 1. The Labute approximate surface area is 150 Å². The lowest BCUT2D eigenvalue weighted by Gasteiger charge is -2.14. The van der Waals surface area contributed by atoms with Crippen molar-refractivity contribution in [3.05, 3.63) is 76.4 Å². The van der Waals surface area contributed by atoms with Crippen LogP contribution >= 0.6 is 11.6 Å². The molecule has 0 bridgehead atoms. The molecule has 4 nitrogen and oxygen atoms in total. The lowest BCUT2D eigenvalue weighted by atomic mass is 10.1. The van der Waals surface area contributed by atoms with Gasteiger partial charge >= 0.3 is 5.97 Å². The third-order valence-corrected chi connectivity index (χ3v) is 4.06. The van der Waals surface area contributed by atoms with Gasteiger partial charge in [0.1, 0.15) is 0 Å². The number of aryl methyl sites for hydroxylation is 1. The van der Waals surface area contributed by atoms with Gasteiger partial charge in [-0.3, -0.25) is 9.78 Å². The van der Waals surface area contributed by atoms with Crippen LogP contribution in [0.4, 0.5) is 0 Å². The predicted molar refractivity (Wildman–Crippen MR) is 97.1 cm³/mol. The van der Waals surface area contributed by atoms with Gasteiger partial charge in [0, 0.05) is 21.7 Å². The van der Waals surface area contributed by atoms with Crippen molar-refractivity contribution in [2.75, 3.05) is 0 Å². The zero-order valence-electron chi connectivity index (χ0n) is 13.8. The number of hydrogen-bond donors (Lipinski definition) is 0. The van der Waals surface area contributed by atoms with Gasteiger partial charge in [-0.05, 0) is 38.1 Å². The summed E-state index contributed by atoms with van der Waals surface area (Å²) in [5.74, 6) is -0.851. The van der Waals surface area contributed by atoms with E-state index in [9.17, 15) is 9.59 Å². The number of esters is 1. The Bertz CT molecular complexity index is 968. The number of carbonyl (C=O) groups is 2. The van der Waals surface area contributed by atoms with E-state index in [0.717, 1.165) is 0 Å². The third-order valence-electron chi connectivity index (χ3n) is 3.83. The summed E-state index contributed by atoms with van der Waals surface area (Å²) in [5, 5.41) is 1.15. The van der Waals surface area contributed by atoms with E-state index in [1.807, 2.05) is 31.2 Å². The molecule has 0 spiro atoms. The Morgan fingerprint density at radius 2 is 1.84 bits per heavy atom. The third kappa shape index (κ3) is 3.69. The van der Waals surface area contributed by atoms with Gasteiger partial charge in [-0.15, -0.1) is 0 Å². The van der Waals surface area contributed by atoms with Crippen molar-refractivity contribution >= 4 is 34.3 Å². The van der Waals surface area contributed by atoms with Crippen LogP contribution in [0.3, 0.4) is 0 Å². The van der Waals surface area contributed by atoms with Crippen molar-refractivity contribution in [2.45, 2.75) is 20.0 Å². The normalized spacial score (nSPS) is 12.0. The second-order valence-corrected chi connectivity index (χ2v) is 6.19. The lowest BCUT2D eigenvalue weighted by Crippen LogP contribution is -2.24. The summed E-state index contributed by atoms with van der Waals surface area (Å²) in [4.78, 5) is 29.4. The van der Waals surface area contributed by atoms with Crippen molar-refractivity contribution in [2.24, 2.45) is 0 Å². The van der Waals surface area contributed by atoms with E-state index < -0.39 is 12.1 Å². The molecule has 1 heterocycles. The van der Waals surface area contributed by atoms with Gasteiger partial charge in [0.15, 0.2) is 6.10 Å². The van der Waals surface area contributed by atoms with Crippen LogP contribution in [0.5, 0.6) is 0 Å². The number of hydrogen-bond acceptors (Lipinski definition) is 4. The zero-order chi connectivity index (χ0) is 18.0. The summed E-state index contributed by atoms with van der Waals surface area (Å²) in [6.07, 6.45) is -0.918. The molecule has 3 aromatic rings. The molecule has 0 unspecified atom stereocenters. The zero-order valence-corrected chi connectivity index (χ0v) is 14.6. The van der Waals surface area contributed by atoms with Crippen molar-refractivity contribution in [1.82, 2.24) is 4.98 Å². The van der Waals surface area contributed by atoms with Crippen molar-refractivity contribution in [1.29, 1.82) is 0 Å². The standard InChI is InChI=1S/C20H16ClNO3/c1-12-10-17(16-8-3-4-9-18(16)22-12)20(24)25-13(2)19(23)14-6-5-7-15(21)11-14/h3-11,13H,1-2H3/t13-/m0/s1. The molecule has 126 valence electrons. The highest BCUT2D eigenvalue weighted by Gasteiger charge is 2.22. The molecule has 25 heavy (non-hydrogen) atoms. The summed E-state index contributed by atoms with van der Waals surface area (Å²) < 4.78 is 5.40. The fourth-order valence-electron chi connectivity index (χ4n) is 2.63. The fraction of sp³-hybridized carbons (Fsp3) is 0.150. The molecule has 0 fully saturated rings. The summed E-state index contributed by atoms with van der Waals surface area (Å²) in [5.41, 5.74) is 2.22. The van der Waals surface area contributed by atoms with Crippen LogP contribution < -0.4 is 0 Å². The maximum Gasteiger partial charge on any atom is 0.339 e. The largest absolute Gasteiger partial charge is 0.451 e. The average molecular weight is 354 g/mol. The Hall–Kier alpha value is -2.72. The Morgan fingerprint density at radius 1 is 1.08 bits per heavy atom. The number of fused-ring (bicyclic) bond motifs is 1. The molecule has 0 aliphatic heterocycles. The molecule has 0 saturated heterocycles. The molecule has 0 amide bonds. The van der Waals surface area contributed by atoms with E-state index in [1.165, 1.54) is 0 Å². The lowest BCUT2D eigenvalue weighted by molar-refractivity contribution is 0.0320. The topological polar surface area (TPSA) is 56.3 Å². The SMILES string of the molecule is Cc1cc(C(=O)O[C@@H](C)C(=O)c2cccc(Cl)c2)c2ccccc2n1. The molecular weight excluding hydrogens is 338 g/mol. The molecule has 2 aromatic carbocycles. The Kier molecular flexibility index (Phi) is 4.81. The number of carbonyl (C=O) groups excluding carboxylic acids is 2. The number of rotatable bonds is 4. The number of Topliss-reactive ketones (excluding diaryl/α,β-unsaturated/α-hetero) is 1.